The van der Waals surface area contributed by atoms with E-state index in [-0.39, 0.29) is 6.61 Å². The molecular formula is C15H11N3O. The van der Waals surface area contributed by atoms with Crippen molar-refractivity contribution in [3.05, 3.63) is 48.5 Å². The minimum absolute atomic E-state index is 0.0452. The number of benzene rings is 2. The van der Waals surface area contributed by atoms with Crippen molar-refractivity contribution in [3.8, 4) is 23.2 Å². The summed E-state index contributed by atoms with van der Waals surface area (Å²) in [5, 5.41) is 8.52. The Balaban J connectivity index is 1.99. The number of hydrogen-bond acceptors (Lipinski definition) is 3. The van der Waals surface area contributed by atoms with Crippen molar-refractivity contribution in [1.29, 1.82) is 5.26 Å². The van der Waals surface area contributed by atoms with Crippen molar-refractivity contribution < 1.29 is 4.74 Å². The van der Waals surface area contributed by atoms with Crippen LogP contribution in [0.2, 0.25) is 0 Å². The van der Waals surface area contributed by atoms with Crippen LogP contribution in [0.15, 0.2) is 48.5 Å². The zero-order valence-corrected chi connectivity index (χ0v) is 10.1. The van der Waals surface area contributed by atoms with E-state index in [4.69, 9.17) is 10.00 Å². The second kappa shape index (κ2) is 4.83. The van der Waals surface area contributed by atoms with Gasteiger partial charge in [0, 0.05) is 5.56 Å². The van der Waals surface area contributed by atoms with Crippen molar-refractivity contribution in [3.63, 3.8) is 0 Å². The first-order valence-corrected chi connectivity index (χ1v) is 5.92. The highest BCUT2D eigenvalue weighted by Gasteiger charge is 2.05. The van der Waals surface area contributed by atoms with Crippen molar-refractivity contribution in [2.45, 2.75) is 0 Å². The second-order valence-electron chi connectivity index (χ2n) is 4.08. The standard InChI is InChI=1S/C15H11N3O/c16-8-9-19-12-5-3-4-11(10-12)15-17-13-6-1-2-7-14(13)18-15/h1-7,10H,9H2,(H,17,18). The molecule has 0 spiro atoms. The fourth-order valence-electron chi connectivity index (χ4n) is 1.94. The van der Waals surface area contributed by atoms with E-state index in [9.17, 15) is 0 Å². The summed E-state index contributed by atoms with van der Waals surface area (Å²) >= 11 is 0. The number of nitriles is 1. The van der Waals surface area contributed by atoms with E-state index in [0.29, 0.717) is 5.75 Å². The van der Waals surface area contributed by atoms with Gasteiger partial charge in [0.05, 0.1) is 11.0 Å². The lowest BCUT2D eigenvalue weighted by Crippen LogP contribution is -1.93. The van der Waals surface area contributed by atoms with Crippen molar-refractivity contribution in [1.82, 2.24) is 9.97 Å². The van der Waals surface area contributed by atoms with E-state index in [1.165, 1.54) is 0 Å². The molecule has 1 N–H and O–H groups in total. The number of hydrogen-bond donors (Lipinski definition) is 1. The molecule has 4 nitrogen and oxygen atoms in total. The van der Waals surface area contributed by atoms with E-state index < -0.39 is 0 Å². The largest absolute Gasteiger partial charge is 0.479 e. The average molecular weight is 249 g/mol. The monoisotopic (exact) mass is 249 g/mol. The van der Waals surface area contributed by atoms with Crippen molar-refractivity contribution in [2.75, 3.05) is 6.61 Å². The Morgan fingerprint density at radius 1 is 1.16 bits per heavy atom. The number of H-pyrrole nitrogens is 1. The molecule has 0 bridgehead atoms. The molecule has 0 fully saturated rings. The number of aromatic nitrogens is 2. The molecule has 3 aromatic rings. The van der Waals surface area contributed by atoms with Gasteiger partial charge >= 0.3 is 0 Å². The number of nitrogens with zero attached hydrogens (tertiary/aromatic N) is 2. The predicted octanol–water partition coefficient (Wildman–Crippen LogP) is 3.13. The first kappa shape index (κ1) is 11.3. The lowest BCUT2D eigenvalue weighted by molar-refractivity contribution is 0.368. The smallest absolute Gasteiger partial charge is 0.174 e. The minimum Gasteiger partial charge on any atom is -0.479 e. The Kier molecular flexibility index (Phi) is 2.87. The first-order valence-electron chi connectivity index (χ1n) is 5.92. The SMILES string of the molecule is N#CCOc1cccc(-c2nc3ccccc3[nH]2)c1. The van der Waals surface area contributed by atoms with Crippen LogP contribution >= 0.6 is 0 Å². The molecule has 19 heavy (non-hydrogen) atoms. The van der Waals surface area contributed by atoms with E-state index in [2.05, 4.69) is 9.97 Å². The third-order valence-corrected chi connectivity index (χ3v) is 2.80. The molecule has 0 aliphatic heterocycles. The summed E-state index contributed by atoms with van der Waals surface area (Å²) in [5.41, 5.74) is 2.87. The van der Waals surface area contributed by atoms with Crippen LogP contribution < -0.4 is 4.74 Å². The lowest BCUT2D eigenvalue weighted by atomic mass is 10.2. The predicted molar refractivity (Wildman–Crippen MR) is 72.6 cm³/mol. The van der Waals surface area contributed by atoms with Crippen LogP contribution in [0, 0.1) is 11.3 Å². The van der Waals surface area contributed by atoms with Gasteiger partial charge in [-0.2, -0.15) is 5.26 Å². The maximum atomic E-state index is 8.52. The molecule has 0 aliphatic carbocycles. The van der Waals surface area contributed by atoms with Gasteiger partial charge in [0.15, 0.2) is 6.61 Å². The summed E-state index contributed by atoms with van der Waals surface area (Å²) in [6.45, 7) is 0.0452. The maximum Gasteiger partial charge on any atom is 0.174 e. The molecule has 0 unspecified atom stereocenters. The number of ether oxygens (including phenoxy) is 1. The maximum absolute atomic E-state index is 8.52. The number of fused-ring (bicyclic) bond motifs is 1. The Morgan fingerprint density at radius 3 is 2.89 bits per heavy atom. The first-order chi connectivity index (χ1) is 9.36. The van der Waals surface area contributed by atoms with Crippen LogP contribution in [0.3, 0.4) is 0 Å². The van der Waals surface area contributed by atoms with E-state index in [1.807, 2.05) is 54.6 Å². The number of para-hydroxylation sites is 2. The molecule has 92 valence electrons. The van der Waals surface area contributed by atoms with Crippen LogP contribution in [-0.4, -0.2) is 16.6 Å². The highest BCUT2D eigenvalue weighted by molar-refractivity contribution is 5.79. The normalized spacial score (nSPS) is 10.3. The van der Waals surface area contributed by atoms with Gasteiger partial charge < -0.3 is 9.72 Å². The summed E-state index contributed by atoms with van der Waals surface area (Å²) < 4.78 is 5.29. The Bertz CT molecular complexity index is 722. The van der Waals surface area contributed by atoms with Crippen LogP contribution in [0.25, 0.3) is 22.4 Å². The highest BCUT2D eigenvalue weighted by atomic mass is 16.5. The molecule has 0 aliphatic rings. The number of nitrogens with one attached hydrogen (secondary N) is 1. The second-order valence-corrected chi connectivity index (χ2v) is 4.08. The minimum atomic E-state index is 0.0452. The Labute approximate surface area is 110 Å². The number of aromatic amines is 1. The van der Waals surface area contributed by atoms with E-state index >= 15 is 0 Å². The van der Waals surface area contributed by atoms with Gasteiger partial charge in [-0.05, 0) is 24.3 Å². The fourth-order valence-corrected chi connectivity index (χ4v) is 1.94. The van der Waals surface area contributed by atoms with Crippen LogP contribution in [0.5, 0.6) is 5.75 Å². The number of imidazole rings is 1. The lowest BCUT2D eigenvalue weighted by Gasteiger charge is -2.02. The third kappa shape index (κ3) is 2.26. The number of rotatable bonds is 3. The summed E-state index contributed by atoms with van der Waals surface area (Å²) in [4.78, 5) is 7.79. The van der Waals surface area contributed by atoms with Gasteiger partial charge in [0.25, 0.3) is 0 Å². The van der Waals surface area contributed by atoms with Gasteiger partial charge in [-0.15, -0.1) is 0 Å². The molecule has 0 atom stereocenters. The Hall–Kier alpha value is -2.80. The van der Waals surface area contributed by atoms with E-state index in [1.54, 1.807) is 0 Å². The van der Waals surface area contributed by atoms with Crippen molar-refractivity contribution >= 4 is 11.0 Å². The van der Waals surface area contributed by atoms with Gasteiger partial charge in [0.1, 0.15) is 17.6 Å². The Morgan fingerprint density at radius 2 is 2.05 bits per heavy atom. The van der Waals surface area contributed by atoms with Gasteiger partial charge in [-0.25, -0.2) is 4.98 Å². The highest BCUT2D eigenvalue weighted by Crippen LogP contribution is 2.23. The average Bonchev–Trinajstić information content (AvgIpc) is 2.89. The molecule has 0 saturated carbocycles. The zero-order valence-electron chi connectivity index (χ0n) is 10.1. The quantitative estimate of drug-likeness (QED) is 0.775. The summed E-state index contributed by atoms with van der Waals surface area (Å²) in [6.07, 6.45) is 0. The molecule has 0 radical (unpaired) electrons. The summed E-state index contributed by atoms with van der Waals surface area (Å²) in [5.74, 6) is 1.46. The molecule has 4 heteroatoms. The summed E-state index contributed by atoms with van der Waals surface area (Å²) in [6, 6.07) is 17.4. The van der Waals surface area contributed by atoms with Crippen LogP contribution in [0.4, 0.5) is 0 Å². The molecule has 1 heterocycles. The molecule has 0 saturated heterocycles. The molecule has 0 amide bonds. The van der Waals surface area contributed by atoms with Gasteiger partial charge in [-0.1, -0.05) is 24.3 Å². The van der Waals surface area contributed by atoms with Gasteiger partial charge in [-0.3, -0.25) is 0 Å². The third-order valence-electron chi connectivity index (χ3n) is 2.80. The van der Waals surface area contributed by atoms with Crippen LogP contribution in [0.1, 0.15) is 0 Å². The topological polar surface area (TPSA) is 61.7 Å². The van der Waals surface area contributed by atoms with Crippen molar-refractivity contribution in [2.24, 2.45) is 0 Å². The van der Waals surface area contributed by atoms with E-state index in [0.717, 1.165) is 22.4 Å². The fraction of sp³-hybridized carbons (Fsp3) is 0.0667. The summed E-state index contributed by atoms with van der Waals surface area (Å²) in [7, 11) is 0. The molecule has 2 aromatic carbocycles. The zero-order chi connectivity index (χ0) is 13.1. The molecular weight excluding hydrogens is 238 g/mol. The van der Waals surface area contributed by atoms with Gasteiger partial charge in [0.2, 0.25) is 0 Å². The molecule has 3 rings (SSSR count). The molecule has 1 aromatic heterocycles. The van der Waals surface area contributed by atoms with Crippen LogP contribution in [-0.2, 0) is 0 Å².